The molecule has 0 aliphatic carbocycles. The number of hydrogen-bond acceptors (Lipinski definition) is 8. The maximum atomic E-state index is 12.0. The maximum Gasteiger partial charge on any atom is 0.305 e. The molecule has 184 valence electrons. The highest BCUT2D eigenvalue weighted by Gasteiger charge is 2.20. The Labute approximate surface area is 193 Å². The van der Waals surface area contributed by atoms with E-state index in [0.29, 0.717) is 28.9 Å². The van der Waals surface area contributed by atoms with Gasteiger partial charge in [-0.2, -0.15) is 0 Å². The number of phosphoric ester groups is 1. The maximum absolute atomic E-state index is 12.0. The number of nitrogens with zero attached hydrogens (tertiary/aromatic N) is 1. The van der Waals surface area contributed by atoms with Gasteiger partial charge in [-0.25, -0.2) is 0 Å². The average Bonchev–Trinajstić information content (AvgIpc) is 2.66. The number of ether oxygens (including phenoxy) is 2. The van der Waals surface area contributed by atoms with Crippen LogP contribution in [0.25, 0.3) is 0 Å². The summed E-state index contributed by atoms with van der Waals surface area (Å²) in [5.74, 6) is -0.342. The SMILES string of the molecule is CCCCCCC(=O)OC[C@H](COP(=O)([O-])OCC[N+](C)(C)C)OC(=S)CCCCC. The second-order valence-corrected chi connectivity index (χ2v) is 10.5. The number of carbonyl (C=O) groups is 1. The van der Waals surface area contributed by atoms with Crippen LogP contribution in [0.1, 0.15) is 71.6 Å². The van der Waals surface area contributed by atoms with Gasteiger partial charge in [0.15, 0.2) is 11.2 Å². The fourth-order valence-electron chi connectivity index (χ4n) is 2.47. The Morgan fingerprint density at radius 1 is 0.968 bits per heavy atom. The van der Waals surface area contributed by atoms with E-state index in [1.54, 1.807) is 0 Å². The molecule has 0 rings (SSSR count). The number of unbranched alkanes of at least 4 members (excludes halogenated alkanes) is 5. The lowest BCUT2D eigenvalue weighted by Gasteiger charge is -2.28. The molecule has 10 heteroatoms. The van der Waals surface area contributed by atoms with E-state index in [-0.39, 0.29) is 25.8 Å². The van der Waals surface area contributed by atoms with E-state index >= 15 is 0 Å². The third-order valence-corrected chi connectivity index (χ3v) is 5.64. The van der Waals surface area contributed by atoms with E-state index in [9.17, 15) is 14.3 Å². The summed E-state index contributed by atoms with van der Waals surface area (Å²) in [6.07, 6.45) is 6.95. The van der Waals surface area contributed by atoms with E-state index in [1.165, 1.54) is 0 Å². The van der Waals surface area contributed by atoms with Gasteiger partial charge in [-0.05, 0) is 25.1 Å². The van der Waals surface area contributed by atoms with E-state index in [1.807, 2.05) is 21.1 Å². The standard InChI is InChI=1S/C21H42NO7PS/c1-6-8-10-12-13-20(23)26-17-19(29-21(31)14-11-9-7-2)18-28-30(24,25)27-16-15-22(3,4)5/h19H,6-18H2,1-5H3/t19-/m1/s1. The number of quaternary nitrogens is 1. The molecule has 0 bridgehead atoms. The molecule has 0 heterocycles. The third kappa shape index (κ3) is 19.8. The van der Waals surface area contributed by atoms with Crippen LogP contribution in [0.5, 0.6) is 0 Å². The van der Waals surface area contributed by atoms with Crippen LogP contribution in [0, 0.1) is 0 Å². The van der Waals surface area contributed by atoms with Gasteiger partial charge in [-0.3, -0.25) is 9.36 Å². The van der Waals surface area contributed by atoms with Crippen molar-refractivity contribution in [3.63, 3.8) is 0 Å². The van der Waals surface area contributed by atoms with Crippen LogP contribution in [-0.4, -0.2) is 69.1 Å². The molecule has 0 aromatic carbocycles. The molecule has 1 unspecified atom stereocenters. The van der Waals surface area contributed by atoms with Crippen molar-refractivity contribution >= 4 is 31.1 Å². The molecule has 0 saturated carbocycles. The number of rotatable bonds is 19. The summed E-state index contributed by atoms with van der Waals surface area (Å²) in [6.45, 7) is 4.25. The number of esters is 1. The van der Waals surface area contributed by atoms with Gasteiger partial charge in [0, 0.05) is 12.8 Å². The first-order valence-corrected chi connectivity index (χ1v) is 13.1. The first-order chi connectivity index (χ1) is 14.5. The average molecular weight is 484 g/mol. The first-order valence-electron chi connectivity index (χ1n) is 11.2. The number of likely N-dealkylation sites (N-methyl/N-ethyl adjacent to an activating group) is 1. The Hall–Kier alpha value is -0.570. The van der Waals surface area contributed by atoms with Gasteiger partial charge in [-0.15, -0.1) is 0 Å². The highest BCUT2D eigenvalue weighted by Crippen LogP contribution is 2.38. The van der Waals surface area contributed by atoms with Crippen LogP contribution in [0.4, 0.5) is 0 Å². The highest BCUT2D eigenvalue weighted by molar-refractivity contribution is 7.80. The van der Waals surface area contributed by atoms with E-state index in [0.717, 1.165) is 44.9 Å². The zero-order chi connectivity index (χ0) is 23.8. The summed E-state index contributed by atoms with van der Waals surface area (Å²) in [7, 11) is 1.29. The predicted molar refractivity (Wildman–Crippen MR) is 124 cm³/mol. The summed E-state index contributed by atoms with van der Waals surface area (Å²) < 4.78 is 33.4. The van der Waals surface area contributed by atoms with Gasteiger partial charge in [-0.1, -0.05) is 46.0 Å². The van der Waals surface area contributed by atoms with Crippen molar-refractivity contribution in [3.8, 4) is 0 Å². The smallest absolute Gasteiger partial charge is 0.305 e. The van der Waals surface area contributed by atoms with Crippen LogP contribution in [0.2, 0.25) is 0 Å². The summed E-state index contributed by atoms with van der Waals surface area (Å²) in [5.41, 5.74) is 0. The lowest BCUT2D eigenvalue weighted by molar-refractivity contribution is -0.870. The monoisotopic (exact) mass is 483 g/mol. The van der Waals surface area contributed by atoms with Crippen LogP contribution < -0.4 is 4.89 Å². The Bertz CT molecular complexity index is 554. The van der Waals surface area contributed by atoms with Crippen molar-refractivity contribution in [3.05, 3.63) is 0 Å². The predicted octanol–water partition coefficient (Wildman–Crippen LogP) is 4.00. The minimum absolute atomic E-state index is 0.0119. The van der Waals surface area contributed by atoms with Gasteiger partial charge in [0.2, 0.25) is 0 Å². The summed E-state index contributed by atoms with van der Waals surface area (Å²) in [5, 5.41) is 0.354. The van der Waals surface area contributed by atoms with Crippen molar-refractivity contribution in [2.75, 3.05) is 47.5 Å². The van der Waals surface area contributed by atoms with Gasteiger partial charge in [0.05, 0.1) is 27.7 Å². The molecule has 0 N–H and O–H groups in total. The molecule has 0 spiro atoms. The highest BCUT2D eigenvalue weighted by atomic mass is 32.1. The normalized spacial score (nSPS) is 14.6. The second-order valence-electron chi connectivity index (χ2n) is 8.65. The molecule has 0 aliphatic rings. The minimum atomic E-state index is -4.50. The fraction of sp³-hybridized carbons (Fsp3) is 0.905. The number of hydrogen-bond donors (Lipinski definition) is 0. The molecule has 31 heavy (non-hydrogen) atoms. The lowest BCUT2D eigenvalue weighted by Crippen LogP contribution is -2.37. The summed E-state index contributed by atoms with van der Waals surface area (Å²) in [6, 6.07) is 0. The molecule has 8 nitrogen and oxygen atoms in total. The molecule has 0 aromatic rings. The number of carbonyl (C=O) groups excluding carboxylic acids is 1. The molecule has 0 aliphatic heterocycles. The van der Waals surface area contributed by atoms with Crippen LogP contribution in [0.15, 0.2) is 0 Å². The van der Waals surface area contributed by atoms with Crippen molar-refractivity contribution in [1.82, 2.24) is 0 Å². The molecule has 0 saturated heterocycles. The van der Waals surface area contributed by atoms with Gasteiger partial charge in [0.1, 0.15) is 19.8 Å². The minimum Gasteiger partial charge on any atom is -0.756 e. The molecular weight excluding hydrogens is 441 g/mol. The van der Waals surface area contributed by atoms with Gasteiger partial charge in [0.25, 0.3) is 7.82 Å². The fourth-order valence-corrected chi connectivity index (χ4v) is 3.48. The van der Waals surface area contributed by atoms with E-state index < -0.39 is 13.9 Å². The van der Waals surface area contributed by atoms with Crippen LogP contribution in [0.3, 0.4) is 0 Å². The molecule has 0 aromatic heterocycles. The first kappa shape index (κ1) is 30.4. The van der Waals surface area contributed by atoms with Crippen molar-refractivity contribution in [2.24, 2.45) is 0 Å². The summed E-state index contributed by atoms with van der Waals surface area (Å²) >= 11 is 5.24. The largest absolute Gasteiger partial charge is 0.756 e. The van der Waals surface area contributed by atoms with Crippen LogP contribution in [-0.2, 0) is 27.9 Å². The van der Waals surface area contributed by atoms with E-state index in [4.69, 9.17) is 30.7 Å². The third-order valence-electron chi connectivity index (χ3n) is 4.38. The Morgan fingerprint density at radius 3 is 2.19 bits per heavy atom. The molecule has 0 amide bonds. The van der Waals surface area contributed by atoms with E-state index in [2.05, 4.69) is 13.8 Å². The zero-order valence-corrected chi connectivity index (χ0v) is 21.6. The topological polar surface area (TPSA) is 94.1 Å². The van der Waals surface area contributed by atoms with Crippen molar-refractivity contribution in [1.29, 1.82) is 0 Å². The van der Waals surface area contributed by atoms with Crippen LogP contribution >= 0.6 is 20.0 Å². The Balaban J connectivity index is 4.62. The van der Waals surface area contributed by atoms with Crippen molar-refractivity contribution in [2.45, 2.75) is 77.7 Å². The molecular formula is C21H42NO7PS. The number of thiocarbonyl (C=S) groups is 1. The zero-order valence-electron chi connectivity index (χ0n) is 19.9. The molecule has 0 fully saturated rings. The Morgan fingerprint density at radius 2 is 1.58 bits per heavy atom. The quantitative estimate of drug-likeness (QED) is 0.0895. The van der Waals surface area contributed by atoms with Gasteiger partial charge < -0.3 is 27.9 Å². The lowest BCUT2D eigenvalue weighted by atomic mass is 10.2. The van der Waals surface area contributed by atoms with Crippen molar-refractivity contribution < 1.29 is 37.3 Å². The Kier molecular flexibility index (Phi) is 16.7. The number of phosphoric acid groups is 1. The van der Waals surface area contributed by atoms with Gasteiger partial charge >= 0.3 is 5.97 Å². The molecule has 0 radical (unpaired) electrons. The second kappa shape index (κ2) is 17.0. The summed E-state index contributed by atoms with van der Waals surface area (Å²) in [4.78, 5) is 24.0. The molecule has 2 atom stereocenters.